The molecule has 0 unspecified atom stereocenters. The lowest BCUT2D eigenvalue weighted by Crippen LogP contribution is -2.40. The van der Waals surface area contributed by atoms with Gasteiger partial charge in [-0.25, -0.2) is 9.37 Å². The smallest absolute Gasteiger partial charge is 0.388 e. The maximum atomic E-state index is 14.8. The number of hydrogen-bond donors (Lipinski definition) is 4. The molecule has 1 amide bonds. The molecule has 0 saturated heterocycles. The lowest BCUT2D eigenvalue weighted by Gasteiger charge is -2.23. The molecule has 10 nitrogen and oxygen atoms in total. The van der Waals surface area contributed by atoms with Crippen LogP contribution in [-0.2, 0) is 11.3 Å². The predicted molar refractivity (Wildman–Crippen MR) is 128 cm³/mol. The summed E-state index contributed by atoms with van der Waals surface area (Å²) in [5, 5.41) is 10.4. The highest BCUT2D eigenvalue weighted by Gasteiger charge is 2.34. The zero-order valence-corrected chi connectivity index (χ0v) is 19.8. The first-order valence-corrected chi connectivity index (χ1v) is 11.4. The van der Waals surface area contributed by atoms with E-state index >= 15 is 0 Å². The molecule has 2 aromatic heterocycles. The van der Waals surface area contributed by atoms with Crippen molar-refractivity contribution in [3.05, 3.63) is 35.6 Å². The zero-order chi connectivity index (χ0) is 26.0. The van der Waals surface area contributed by atoms with Gasteiger partial charge in [-0.2, -0.15) is 8.78 Å². The molecule has 194 valence electrons. The molecule has 0 spiro atoms. The van der Waals surface area contributed by atoms with E-state index in [-0.39, 0.29) is 35.2 Å². The van der Waals surface area contributed by atoms with Crippen molar-refractivity contribution in [2.75, 3.05) is 24.4 Å². The number of fused-ring (bicyclic) bond motifs is 1. The van der Waals surface area contributed by atoms with Gasteiger partial charge in [-0.1, -0.05) is 0 Å². The maximum Gasteiger partial charge on any atom is 0.388 e. The summed E-state index contributed by atoms with van der Waals surface area (Å²) in [5.41, 5.74) is 12.2. The second-order valence-electron chi connectivity index (χ2n) is 8.70. The normalized spacial score (nSPS) is 15.2. The number of rotatable bonds is 12. The molecule has 3 aromatic rings. The Hall–Kier alpha value is -3.58. The van der Waals surface area contributed by atoms with Crippen molar-refractivity contribution >= 4 is 34.1 Å². The highest BCUT2D eigenvalue weighted by Crippen LogP contribution is 2.36. The number of ether oxygens (including phenoxy) is 2. The fourth-order valence-electron chi connectivity index (χ4n) is 4.05. The first-order chi connectivity index (χ1) is 17.2. The molecule has 13 heteroatoms. The summed E-state index contributed by atoms with van der Waals surface area (Å²) >= 11 is 0. The number of halogens is 3. The molecular weight excluding hydrogens is 479 g/mol. The van der Waals surface area contributed by atoms with Gasteiger partial charge in [0.25, 0.3) is 5.91 Å². The largest absolute Gasteiger partial charge is 0.415 e. The van der Waals surface area contributed by atoms with Crippen molar-refractivity contribution in [2.24, 2.45) is 17.4 Å². The van der Waals surface area contributed by atoms with E-state index in [4.69, 9.17) is 16.2 Å². The Labute approximate surface area is 205 Å². The second kappa shape index (κ2) is 10.6. The number of amides is 1. The minimum Gasteiger partial charge on any atom is -0.415 e. The van der Waals surface area contributed by atoms with Gasteiger partial charge in [-0.05, 0) is 49.9 Å². The Morgan fingerprint density at radius 1 is 1.28 bits per heavy atom. The van der Waals surface area contributed by atoms with Crippen LogP contribution in [0.25, 0.3) is 10.9 Å². The fraction of sp³-hybridized carbons (Fsp3) is 0.435. The van der Waals surface area contributed by atoms with Gasteiger partial charge in [-0.15, -0.1) is 5.10 Å². The van der Waals surface area contributed by atoms with Gasteiger partial charge in [0.15, 0.2) is 11.6 Å². The Kier molecular flexibility index (Phi) is 7.50. The van der Waals surface area contributed by atoms with E-state index in [9.17, 15) is 18.0 Å². The molecule has 6 N–H and O–H groups in total. The topological polar surface area (TPSA) is 142 Å². The van der Waals surface area contributed by atoms with Crippen molar-refractivity contribution in [1.29, 1.82) is 0 Å². The van der Waals surface area contributed by atoms with Crippen molar-refractivity contribution in [2.45, 2.75) is 45.0 Å². The van der Waals surface area contributed by atoms with Gasteiger partial charge in [0.1, 0.15) is 5.82 Å². The van der Waals surface area contributed by atoms with E-state index in [1.165, 1.54) is 17.9 Å². The van der Waals surface area contributed by atoms with Crippen LogP contribution in [0.2, 0.25) is 0 Å². The summed E-state index contributed by atoms with van der Waals surface area (Å²) < 4.78 is 51.9. The average molecular weight is 508 g/mol. The molecular formula is C23H28F3N7O3. The van der Waals surface area contributed by atoms with E-state index in [1.54, 1.807) is 12.1 Å². The number of benzene rings is 1. The molecule has 0 aliphatic heterocycles. The SMILES string of the molecule is COCCn1nc(OC(F)F)c2cc(Nc3nc(N[C@H](C4CC4)[C@H](C)N)c(F)cc3C(N)=O)ccc21. The summed E-state index contributed by atoms with van der Waals surface area (Å²) in [7, 11) is 1.51. The summed E-state index contributed by atoms with van der Waals surface area (Å²) in [5.74, 6) is -1.68. The lowest BCUT2D eigenvalue weighted by molar-refractivity contribution is -0.0523. The first kappa shape index (κ1) is 25.5. The predicted octanol–water partition coefficient (Wildman–Crippen LogP) is 3.20. The number of anilines is 3. The van der Waals surface area contributed by atoms with Gasteiger partial charge in [0.05, 0.1) is 29.6 Å². The third kappa shape index (κ3) is 5.62. The summed E-state index contributed by atoms with van der Waals surface area (Å²) in [6.07, 6.45) is 1.96. The molecule has 0 bridgehead atoms. The Morgan fingerprint density at radius 2 is 2.03 bits per heavy atom. The third-order valence-corrected chi connectivity index (χ3v) is 5.93. The number of pyridine rings is 1. The maximum absolute atomic E-state index is 14.8. The molecule has 1 aromatic carbocycles. The van der Waals surface area contributed by atoms with Crippen LogP contribution >= 0.6 is 0 Å². The van der Waals surface area contributed by atoms with Gasteiger partial charge in [0, 0.05) is 24.9 Å². The third-order valence-electron chi connectivity index (χ3n) is 5.93. The fourth-order valence-corrected chi connectivity index (χ4v) is 4.05. The monoisotopic (exact) mass is 507 g/mol. The van der Waals surface area contributed by atoms with E-state index in [0.717, 1.165) is 18.9 Å². The number of carbonyl (C=O) groups excluding carboxylic acids is 1. The zero-order valence-electron chi connectivity index (χ0n) is 19.8. The van der Waals surface area contributed by atoms with Gasteiger partial charge in [-0.3, -0.25) is 9.48 Å². The molecule has 1 saturated carbocycles. The number of nitrogens with one attached hydrogen (secondary N) is 2. The Balaban J connectivity index is 1.70. The lowest BCUT2D eigenvalue weighted by atomic mass is 10.1. The van der Waals surface area contributed by atoms with Crippen molar-refractivity contribution in [3.63, 3.8) is 0 Å². The van der Waals surface area contributed by atoms with Crippen LogP contribution in [0.1, 0.15) is 30.1 Å². The minimum absolute atomic E-state index is 0.00641. The minimum atomic E-state index is -3.08. The van der Waals surface area contributed by atoms with Crippen molar-refractivity contribution in [1.82, 2.24) is 14.8 Å². The van der Waals surface area contributed by atoms with Gasteiger partial charge < -0.3 is 31.6 Å². The van der Waals surface area contributed by atoms with Crippen LogP contribution in [0.5, 0.6) is 5.88 Å². The van der Waals surface area contributed by atoms with Crippen LogP contribution in [0, 0.1) is 11.7 Å². The molecule has 1 aliphatic carbocycles. The summed E-state index contributed by atoms with van der Waals surface area (Å²) in [6, 6.07) is 5.35. The molecule has 1 aliphatic rings. The molecule has 2 atom stereocenters. The molecule has 1 fully saturated rings. The number of alkyl halides is 2. The standard InChI is InChI=1S/C23H28F3N7O3/c1-11(27)18(12-3-4-12)30-21-16(24)10-15(19(28)34)20(31-21)29-13-5-6-17-14(9-13)22(36-23(25)26)32-33(17)7-8-35-2/h5-6,9-12,18,23H,3-4,7-8,27H2,1-2H3,(H2,28,34)(H2,29,30,31)/t11-,18-/m0/s1. The van der Waals surface area contributed by atoms with Crippen LogP contribution in [-0.4, -0.2) is 53.1 Å². The van der Waals surface area contributed by atoms with Crippen LogP contribution in [0.15, 0.2) is 24.3 Å². The Morgan fingerprint density at radius 3 is 2.64 bits per heavy atom. The van der Waals surface area contributed by atoms with Crippen LogP contribution in [0.4, 0.5) is 30.5 Å². The number of nitrogens with zero attached hydrogens (tertiary/aromatic N) is 3. The van der Waals surface area contributed by atoms with Crippen LogP contribution < -0.4 is 26.8 Å². The number of methoxy groups -OCH3 is 1. The molecule has 0 radical (unpaired) electrons. The average Bonchev–Trinajstić information content (AvgIpc) is 3.60. The first-order valence-electron chi connectivity index (χ1n) is 11.4. The molecule has 36 heavy (non-hydrogen) atoms. The van der Waals surface area contributed by atoms with Crippen LogP contribution in [0.3, 0.4) is 0 Å². The number of carbonyl (C=O) groups is 1. The number of hydrogen-bond acceptors (Lipinski definition) is 8. The van der Waals surface area contributed by atoms with Gasteiger partial charge >= 0.3 is 6.61 Å². The van der Waals surface area contributed by atoms with E-state index in [2.05, 4.69) is 25.5 Å². The van der Waals surface area contributed by atoms with E-state index in [0.29, 0.717) is 35.7 Å². The molecule has 2 heterocycles. The van der Waals surface area contributed by atoms with Crippen molar-refractivity contribution in [3.8, 4) is 5.88 Å². The molecule has 4 rings (SSSR count). The number of primary amides is 1. The van der Waals surface area contributed by atoms with E-state index < -0.39 is 18.3 Å². The highest BCUT2D eigenvalue weighted by molar-refractivity contribution is 5.99. The summed E-state index contributed by atoms with van der Waals surface area (Å²) in [4.78, 5) is 16.3. The van der Waals surface area contributed by atoms with Crippen molar-refractivity contribution < 1.29 is 27.4 Å². The highest BCUT2D eigenvalue weighted by atomic mass is 19.3. The van der Waals surface area contributed by atoms with E-state index in [1.807, 2.05) is 6.92 Å². The number of aromatic nitrogens is 3. The second-order valence-corrected chi connectivity index (χ2v) is 8.70. The summed E-state index contributed by atoms with van der Waals surface area (Å²) in [6.45, 7) is -0.625. The Bertz CT molecular complexity index is 1250. The quantitative estimate of drug-likeness (QED) is 0.293. The van der Waals surface area contributed by atoms with Gasteiger partial charge in [0.2, 0.25) is 5.88 Å². The number of nitrogens with two attached hydrogens (primary N) is 2.